The molecule has 168 valence electrons. The number of halogens is 1. The zero-order valence-electron chi connectivity index (χ0n) is 18.4. The minimum absolute atomic E-state index is 0.577. The SMILES string of the molecule is COc1cc(-c2nn(Cl)c3ccc(C4C[C@@H]5CN(C6CCOCC6)C[C@@H]5C4)cc23)ccn1. The van der Waals surface area contributed by atoms with Gasteiger partial charge in [0.15, 0.2) is 0 Å². The van der Waals surface area contributed by atoms with Gasteiger partial charge < -0.3 is 9.47 Å². The average molecular weight is 453 g/mol. The Hall–Kier alpha value is -2.15. The summed E-state index contributed by atoms with van der Waals surface area (Å²) in [5, 5.41) is 5.69. The van der Waals surface area contributed by atoms with Crippen molar-refractivity contribution in [2.45, 2.75) is 37.6 Å². The number of rotatable bonds is 4. The third kappa shape index (κ3) is 3.58. The topological polar surface area (TPSA) is 52.4 Å². The van der Waals surface area contributed by atoms with Gasteiger partial charge in [-0.05, 0) is 67.2 Å². The van der Waals surface area contributed by atoms with Gasteiger partial charge in [0, 0.05) is 67.3 Å². The molecule has 1 aromatic carbocycles. The summed E-state index contributed by atoms with van der Waals surface area (Å²) in [7, 11) is 1.63. The largest absolute Gasteiger partial charge is 0.481 e. The van der Waals surface area contributed by atoms with Crippen molar-refractivity contribution in [1.29, 1.82) is 0 Å². The molecule has 6 rings (SSSR count). The quantitative estimate of drug-likeness (QED) is 0.573. The van der Waals surface area contributed by atoms with Crippen molar-refractivity contribution < 1.29 is 9.47 Å². The normalized spacial score (nSPS) is 26.6. The van der Waals surface area contributed by atoms with Gasteiger partial charge in [-0.1, -0.05) is 6.07 Å². The maximum absolute atomic E-state index is 6.43. The molecule has 1 saturated carbocycles. The number of benzene rings is 1. The van der Waals surface area contributed by atoms with Gasteiger partial charge in [-0.15, -0.1) is 0 Å². The Morgan fingerprint density at radius 3 is 2.59 bits per heavy atom. The lowest BCUT2D eigenvalue weighted by atomic mass is 9.93. The fraction of sp³-hybridized carbons (Fsp3) is 0.520. The van der Waals surface area contributed by atoms with E-state index in [1.807, 2.05) is 12.1 Å². The molecule has 6 nitrogen and oxygen atoms in total. The molecular weight excluding hydrogens is 424 g/mol. The summed E-state index contributed by atoms with van der Waals surface area (Å²) in [6.45, 7) is 4.38. The molecule has 2 aromatic heterocycles. The lowest BCUT2D eigenvalue weighted by Gasteiger charge is -2.32. The summed E-state index contributed by atoms with van der Waals surface area (Å²) < 4.78 is 12.3. The summed E-state index contributed by atoms with van der Waals surface area (Å²) in [5.74, 6) is 2.83. The molecule has 2 aliphatic heterocycles. The number of nitrogens with zero attached hydrogens (tertiary/aromatic N) is 4. The van der Waals surface area contributed by atoms with Gasteiger partial charge in [0.2, 0.25) is 5.88 Å². The van der Waals surface area contributed by atoms with Crippen molar-refractivity contribution in [2.75, 3.05) is 33.4 Å². The molecule has 3 fully saturated rings. The van der Waals surface area contributed by atoms with Crippen LogP contribution in [0.1, 0.15) is 37.2 Å². The fourth-order valence-electron chi connectivity index (χ4n) is 6.19. The monoisotopic (exact) mass is 452 g/mol. The van der Waals surface area contributed by atoms with Crippen LogP contribution in [-0.4, -0.2) is 58.6 Å². The summed E-state index contributed by atoms with van der Waals surface area (Å²) >= 11 is 6.43. The maximum atomic E-state index is 6.43. The molecule has 3 aliphatic rings. The lowest BCUT2D eigenvalue weighted by molar-refractivity contribution is 0.0395. The predicted octanol–water partition coefficient (Wildman–Crippen LogP) is 4.71. The number of aromatic nitrogens is 3. The van der Waals surface area contributed by atoms with Crippen LogP contribution in [0, 0.1) is 11.8 Å². The third-order valence-corrected chi connectivity index (χ3v) is 8.10. The Balaban J connectivity index is 1.24. The summed E-state index contributed by atoms with van der Waals surface area (Å²) in [5.41, 5.74) is 4.19. The molecule has 0 bridgehead atoms. The highest BCUT2D eigenvalue weighted by atomic mass is 35.5. The van der Waals surface area contributed by atoms with E-state index in [9.17, 15) is 0 Å². The first-order chi connectivity index (χ1) is 15.7. The van der Waals surface area contributed by atoms with E-state index in [4.69, 9.17) is 21.3 Å². The molecule has 3 atom stereocenters. The second kappa shape index (κ2) is 8.32. The van der Waals surface area contributed by atoms with Gasteiger partial charge in [-0.3, -0.25) is 4.90 Å². The van der Waals surface area contributed by atoms with Crippen LogP contribution < -0.4 is 4.74 Å². The van der Waals surface area contributed by atoms with E-state index in [0.717, 1.165) is 53.3 Å². The lowest BCUT2D eigenvalue weighted by Crippen LogP contribution is -2.38. The summed E-state index contributed by atoms with van der Waals surface area (Å²) in [6, 6.07) is 11.3. The van der Waals surface area contributed by atoms with Crippen LogP contribution in [-0.2, 0) is 4.74 Å². The number of fused-ring (bicyclic) bond motifs is 2. The number of ether oxygens (including phenoxy) is 2. The maximum Gasteiger partial charge on any atom is 0.213 e. The first-order valence-corrected chi connectivity index (χ1v) is 12.0. The first-order valence-electron chi connectivity index (χ1n) is 11.7. The van der Waals surface area contributed by atoms with E-state index >= 15 is 0 Å². The molecule has 1 unspecified atom stereocenters. The molecule has 32 heavy (non-hydrogen) atoms. The predicted molar refractivity (Wildman–Crippen MR) is 125 cm³/mol. The number of methoxy groups -OCH3 is 1. The molecule has 2 saturated heterocycles. The zero-order valence-corrected chi connectivity index (χ0v) is 19.2. The highest BCUT2D eigenvalue weighted by Gasteiger charge is 2.43. The van der Waals surface area contributed by atoms with Crippen LogP contribution in [0.4, 0.5) is 0 Å². The van der Waals surface area contributed by atoms with Crippen LogP contribution in [0.3, 0.4) is 0 Å². The summed E-state index contributed by atoms with van der Waals surface area (Å²) in [6.07, 6.45) is 6.71. The minimum atomic E-state index is 0.577. The summed E-state index contributed by atoms with van der Waals surface area (Å²) in [4.78, 5) is 6.98. The number of likely N-dealkylation sites (tertiary alicyclic amines) is 1. The Labute approximate surface area is 193 Å². The molecule has 4 heterocycles. The molecular formula is C25H29ClN4O2. The van der Waals surface area contributed by atoms with Crippen molar-refractivity contribution >= 4 is 22.7 Å². The van der Waals surface area contributed by atoms with Gasteiger partial charge in [0.1, 0.15) is 5.69 Å². The van der Waals surface area contributed by atoms with E-state index in [0.29, 0.717) is 11.8 Å². The standard InChI is InChI=1S/C25H29ClN4O2/c1-31-24-13-17(4-7-27-24)25-22-12-16(2-3-23(22)30(26)28-25)18-10-19-14-29(15-20(19)11-18)21-5-8-32-9-6-21/h2-4,7,12-13,18-21H,5-6,8-11,14-15H2,1H3/t18?,19-,20+. The number of pyridine rings is 1. The highest BCUT2D eigenvalue weighted by Crippen LogP contribution is 2.47. The van der Waals surface area contributed by atoms with Crippen LogP contribution in [0.5, 0.6) is 5.88 Å². The first kappa shape index (κ1) is 20.5. The van der Waals surface area contributed by atoms with E-state index in [-0.39, 0.29) is 0 Å². The Kier molecular flexibility index (Phi) is 5.32. The van der Waals surface area contributed by atoms with E-state index in [1.165, 1.54) is 48.5 Å². The van der Waals surface area contributed by atoms with Crippen molar-refractivity contribution in [3.05, 3.63) is 42.1 Å². The van der Waals surface area contributed by atoms with Gasteiger partial charge in [-0.25, -0.2) is 4.98 Å². The second-order valence-corrected chi connectivity index (χ2v) is 9.88. The van der Waals surface area contributed by atoms with Crippen LogP contribution >= 0.6 is 11.8 Å². The van der Waals surface area contributed by atoms with Crippen LogP contribution in [0.25, 0.3) is 22.2 Å². The third-order valence-electron chi connectivity index (χ3n) is 7.84. The highest BCUT2D eigenvalue weighted by molar-refractivity contribution is 6.19. The molecule has 0 amide bonds. The zero-order chi connectivity index (χ0) is 21.7. The van der Waals surface area contributed by atoms with Crippen LogP contribution in [0.15, 0.2) is 36.5 Å². The van der Waals surface area contributed by atoms with Gasteiger partial charge in [0.25, 0.3) is 0 Å². The van der Waals surface area contributed by atoms with Crippen molar-refractivity contribution in [2.24, 2.45) is 11.8 Å². The molecule has 3 aromatic rings. The second-order valence-electron chi connectivity index (χ2n) is 9.56. The smallest absolute Gasteiger partial charge is 0.213 e. The van der Waals surface area contributed by atoms with Crippen LogP contribution in [0.2, 0.25) is 0 Å². The van der Waals surface area contributed by atoms with Crippen molar-refractivity contribution in [3.8, 4) is 17.1 Å². The van der Waals surface area contributed by atoms with E-state index < -0.39 is 0 Å². The number of hydrogen-bond donors (Lipinski definition) is 0. The van der Waals surface area contributed by atoms with E-state index in [2.05, 4.69) is 33.2 Å². The van der Waals surface area contributed by atoms with Gasteiger partial charge in [0.05, 0.1) is 12.6 Å². The molecule has 1 aliphatic carbocycles. The van der Waals surface area contributed by atoms with Crippen molar-refractivity contribution in [1.82, 2.24) is 19.2 Å². The Morgan fingerprint density at radius 1 is 1.06 bits per heavy atom. The Bertz CT molecular complexity index is 1110. The fourth-order valence-corrected chi connectivity index (χ4v) is 6.42. The number of hydrogen-bond acceptors (Lipinski definition) is 5. The molecule has 0 radical (unpaired) electrons. The molecule has 0 spiro atoms. The average Bonchev–Trinajstić information content (AvgIpc) is 3.51. The van der Waals surface area contributed by atoms with Gasteiger partial charge >= 0.3 is 0 Å². The molecule has 7 heteroatoms. The van der Waals surface area contributed by atoms with E-state index in [1.54, 1.807) is 13.3 Å². The molecule has 0 N–H and O–H groups in total. The van der Waals surface area contributed by atoms with Crippen molar-refractivity contribution in [3.63, 3.8) is 0 Å². The van der Waals surface area contributed by atoms with Gasteiger partial charge in [-0.2, -0.15) is 9.30 Å². The Morgan fingerprint density at radius 2 is 1.84 bits per heavy atom. The minimum Gasteiger partial charge on any atom is -0.481 e.